The number of H-pyrrole nitrogens is 2. The molecule has 0 saturated carbocycles. The molecule has 7 rings (SSSR count). The molecule has 2 fully saturated rings. The van der Waals surface area contributed by atoms with Gasteiger partial charge >= 0.3 is 12.2 Å². The van der Waals surface area contributed by atoms with Gasteiger partial charge in [0.25, 0.3) is 0 Å². The molecule has 5 atom stereocenters. The molecule has 0 bridgehead atoms. The van der Waals surface area contributed by atoms with Crippen molar-refractivity contribution in [3.63, 3.8) is 0 Å². The summed E-state index contributed by atoms with van der Waals surface area (Å²) in [5, 5.41) is 7.24. The van der Waals surface area contributed by atoms with E-state index in [0.29, 0.717) is 19.0 Å². The van der Waals surface area contributed by atoms with Gasteiger partial charge in [-0.2, -0.15) is 0 Å². The number of hydrogen-bond acceptors (Lipinski definition) is 8. The van der Waals surface area contributed by atoms with Crippen LogP contribution in [-0.2, 0) is 19.1 Å². The first-order chi connectivity index (χ1) is 26.5. The Morgan fingerprint density at radius 2 is 1.24 bits per heavy atom. The van der Waals surface area contributed by atoms with Crippen molar-refractivity contribution in [1.29, 1.82) is 0 Å². The molecule has 14 nitrogen and oxygen atoms in total. The van der Waals surface area contributed by atoms with E-state index in [1.54, 1.807) is 22.9 Å². The molecule has 3 aromatic carbocycles. The number of ether oxygens (including phenoxy) is 2. The second-order valence-electron chi connectivity index (χ2n) is 14.7. The smallest absolute Gasteiger partial charge is 0.407 e. The summed E-state index contributed by atoms with van der Waals surface area (Å²) < 4.78 is 9.27. The van der Waals surface area contributed by atoms with Crippen molar-refractivity contribution in [1.82, 2.24) is 40.4 Å². The molecular weight excluding hydrogens is 701 g/mol. The number of methoxy groups -OCH3 is 2. The molecule has 0 unspecified atom stereocenters. The number of rotatable bonds is 9. The van der Waals surface area contributed by atoms with Crippen LogP contribution in [0.5, 0.6) is 0 Å². The molecule has 2 saturated heterocycles. The fourth-order valence-corrected chi connectivity index (χ4v) is 7.74. The minimum absolute atomic E-state index is 0.130. The quantitative estimate of drug-likeness (QED) is 0.138. The standard InChI is InChI=1S/C41H46N8O6/c1-23-14-34(48(21-23)36(50)20-44-40(52)54-4)37-42-18-32(46-37)27-8-6-26(7-9-27)28-10-11-30-17-31(13-12-29(30)16-28)33-19-43-38(47-33)35-15-24(2)22-49(35)39(51)25(3)45-41(53)55-5/h6-13,16-19,23-25,34-35H,14-15,20-22H2,1-5H3,(H,42,46)(H,43,47)(H,44,52)(H,45,53)/t23-,24-,25-,34-,35-/m0/s1. The summed E-state index contributed by atoms with van der Waals surface area (Å²) in [6.07, 6.45) is 3.88. The molecular formula is C41H46N8O6. The van der Waals surface area contributed by atoms with Gasteiger partial charge in [0, 0.05) is 18.7 Å². The van der Waals surface area contributed by atoms with Crippen LogP contribution in [0.25, 0.3) is 44.4 Å². The summed E-state index contributed by atoms with van der Waals surface area (Å²) in [6.45, 7) is 6.92. The number of likely N-dealkylation sites (tertiary alicyclic amines) is 2. The fraction of sp³-hybridized carbons (Fsp3) is 0.366. The lowest BCUT2D eigenvalue weighted by molar-refractivity contribution is -0.134. The zero-order valence-corrected chi connectivity index (χ0v) is 31.6. The largest absolute Gasteiger partial charge is 0.453 e. The molecule has 14 heteroatoms. The summed E-state index contributed by atoms with van der Waals surface area (Å²) in [4.78, 5) is 69.2. The second-order valence-corrected chi connectivity index (χ2v) is 14.7. The average molecular weight is 747 g/mol. The van der Waals surface area contributed by atoms with Crippen LogP contribution in [-0.4, -0.2) is 93.6 Å². The van der Waals surface area contributed by atoms with E-state index >= 15 is 0 Å². The number of aromatic amines is 2. The Hall–Kier alpha value is -6.18. The summed E-state index contributed by atoms with van der Waals surface area (Å²) in [5.41, 5.74) is 5.86. The number of nitrogens with zero attached hydrogens (tertiary/aromatic N) is 4. The monoisotopic (exact) mass is 746 g/mol. The van der Waals surface area contributed by atoms with Gasteiger partial charge in [-0.05, 0) is 71.2 Å². The minimum Gasteiger partial charge on any atom is -0.453 e. The normalized spacial score (nSPS) is 20.0. The van der Waals surface area contributed by atoms with Crippen LogP contribution in [0.3, 0.4) is 0 Å². The molecule has 2 aromatic heterocycles. The number of aromatic nitrogens is 4. The zero-order valence-electron chi connectivity index (χ0n) is 31.6. The maximum Gasteiger partial charge on any atom is 0.407 e. The van der Waals surface area contributed by atoms with Crippen molar-refractivity contribution in [2.24, 2.45) is 11.8 Å². The minimum atomic E-state index is -0.718. The number of amides is 4. The van der Waals surface area contributed by atoms with Gasteiger partial charge in [-0.1, -0.05) is 62.4 Å². The zero-order chi connectivity index (χ0) is 38.8. The van der Waals surface area contributed by atoms with Crippen molar-refractivity contribution in [2.75, 3.05) is 33.9 Å². The van der Waals surface area contributed by atoms with Crippen LogP contribution in [0.15, 0.2) is 73.1 Å². The van der Waals surface area contributed by atoms with Crippen LogP contribution < -0.4 is 10.6 Å². The lowest BCUT2D eigenvalue weighted by Crippen LogP contribution is -2.46. The number of carbonyl (C=O) groups is 4. The maximum atomic E-state index is 13.3. The van der Waals surface area contributed by atoms with Crippen molar-refractivity contribution >= 4 is 34.8 Å². The third kappa shape index (κ3) is 7.89. The summed E-state index contributed by atoms with van der Waals surface area (Å²) in [6, 6.07) is 19.9. The van der Waals surface area contributed by atoms with Crippen molar-refractivity contribution in [2.45, 2.75) is 51.7 Å². The predicted molar refractivity (Wildman–Crippen MR) is 206 cm³/mol. The van der Waals surface area contributed by atoms with Crippen molar-refractivity contribution in [3.8, 4) is 33.6 Å². The Morgan fingerprint density at radius 1 is 0.727 bits per heavy atom. The highest BCUT2D eigenvalue weighted by Gasteiger charge is 2.38. The Labute approximate surface area is 319 Å². The number of benzene rings is 3. The highest BCUT2D eigenvalue weighted by molar-refractivity contribution is 5.91. The lowest BCUT2D eigenvalue weighted by Gasteiger charge is -2.26. The topological polar surface area (TPSA) is 175 Å². The van der Waals surface area contributed by atoms with Crippen LogP contribution in [0.4, 0.5) is 9.59 Å². The third-order valence-corrected chi connectivity index (χ3v) is 10.6. The van der Waals surface area contributed by atoms with E-state index in [9.17, 15) is 19.2 Å². The van der Waals surface area contributed by atoms with Gasteiger partial charge in [0.1, 0.15) is 24.2 Å². The van der Waals surface area contributed by atoms with Crippen LogP contribution >= 0.6 is 0 Å². The molecule has 0 aliphatic carbocycles. The Kier molecular flexibility index (Phi) is 10.6. The van der Waals surface area contributed by atoms with Crippen molar-refractivity contribution in [3.05, 3.63) is 84.7 Å². The number of carbonyl (C=O) groups excluding carboxylic acids is 4. The van der Waals surface area contributed by atoms with Crippen LogP contribution in [0.1, 0.15) is 57.3 Å². The maximum absolute atomic E-state index is 13.3. The van der Waals surface area contributed by atoms with E-state index in [-0.39, 0.29) is 36.4 Å². The number of nitrogens with one attached hydrogen (secondary N) is 4. The first-order valence-corrected chi connectivity index (χ1v) is 18.5. The van der Waals surface area contributed by atoms with Gasteiger partial charge in [0.05, 0.1) is 50.1 Å². The van der Waals surface area contributed by atoms with E-state index in [2.05, 4.69) is 110 Å². The van der Waals surface area contributed by atoms with Gasteiger partial charge in [-0.3, -0.25) is 9.59 Å². The molecule has 4 N–H and O–H groups in total. The molecule has 2 aliphatic heterocycles. The van der Waals surface area contributed by atoms with Gasteiger partial charge in [-0.25, -0.2) is 19.6 Å². The summed E-state index contributed by atoms with van der Waals surface area (Å²) >= 11 is 0. The van der Waals surface area contributed by atoms with Gasteiger partial charge in [-0.15, -0.1) is 0 Å². The number of hydrogen-bond donors (Lipinski definition) is 4. The van der Waals surface area contributed by atoms with Crippen LogP contribution in [0, 0.1) is 11.8 Å². The highest BCUT2D eigenvalue weighted by atomic mass is 16.5. The van der Waals surface area contributed by atoms with E-state index in [0.717, 1.165) is 68.9 Å². The molecule has 286 valence electrons. The fourth-order valence-electron chi connectivity index (χ4n) is 7.74. The van der Waals surface area contributed by atoms with Crippen LogP contribution in [0.2, 0.25) is 0 Å². The molecule has 0 radical (unpaired) electrons. The van der Waals surface area contributed by atoms with Gasteiger partial charge < -0.3 is 39.9 Å². The third-order valence-electron chi connectivity index (χ3n) is 10.6. The number of fused-ring (bicyclic) bond motifs is 1. The Balaban J connectivity index is 1.03. The number of alkyl carbamates (subject to hydrolysis) is 2. The summed E-state index contributed by atoms with van der Waals surface area (Å²) in [7, 11) is 2.54. The lowest BCUT2D eigenvalue weighted by atomic mass is 9.98. The molecule has 5 aromatic rings. The van der Waals surface area contributed by atoms with E-state index in [1.807, 2.05) is 6.20 Å². The first-order valence-electron chi connectivity index (χ1n) is 18.5. The van der Waals surface area contributed by atoms with E-state index < -0.39 is 18.2 Å². The van der Waals surface area contributed by atoms with E-state index in [1.165, 1.54) is 14.2 Å². The molecule has 55 heavy (non-hydrogen) atoms. The SMILES string of the molecule is COC(=O)NCC(=O)N1C[C@@H](C)C[C@H]1c1ncc(-c2ccc(-c3ccc4cc(-c5cnc([C@@H]6C[C@H](C)CN6C(=O)[C@H](C)NC(=O)OC)[nH]5)ccc4c3)cc2)[nH]1. The highest BCUT2D eigenvalue weighted by Crippen LogP contribution is 2.37. The first kappa shape index (κ1) is 37.1. The van der Waals surface area contributed by atoms with Gasteiger partial charge in [0.15, 0.2) is 0 Å². The molecule has 2 aliphatic rings. The van der Waals surface area contributed by atoms with Gasteiger partial charge in [0.2, 0.25) is 11.8 Å². The molecule has 0 spiro atoms. The number of imidazole rings is 2. The van der Waals surface area contributed by atoms with Crippen molar-refractivity contribution < 1.29 is 28.7 Å². The summed E-state index contributed by atoms with van der Waals surface area (Å²) in [5.74, 6) is 1.68. The predicted octanol–water partition coefficient (Wildman–Crippen LogP) is 6.21. The second kappa shape index (κ2) is 15.7. The Morgan fingerprint density at radius 3 is 1.85 bits per heavy atom. The Bertz CT molecular complexity index is 2210. The molecule has 4 heterocycles. The van der Waals surface area contributed by atoms with E-state index in [4.69, 9.17) is 4.98 Å². The average Bonchev–Trinajstić information content (AvgIpc) is 4.03. The molecule has 4 amide bonds.